The number of benzene rings is 1. The number of hydrogen-bond acceptors (Lipinski definition) is 3. The van der Waals surface area contributed by atoms with Crippen LogP contribution in [0.3, 0.4) is 0 Å². The van der Waals surface area contributed by atoms with Gasteiger partial charge < -0.3 is 4.74 Å². The average Bonchev–Trinajstić information content (AvgIpc) is 2.78. The summed E-state index contributed by atoms with van der Waals surface area (Å²) in [4.78, 5) is 0. The van der Waals surface area contributed by atoms with E-state index in [-0.39, 0.29) is 11.9 Å². The van der Waals surface area contributed by atoms with E-state index in [0.717, 1.165) is 29.7 Å². The molecule has 0 spiro atoms. The molecule has 1 fully saturated rings. The van der Waals surface area contributed by atoms with Crippen molar-refractivity contribution < 1.29 is 13.2 Å². The topological polar surface area (TPSA) is 46.6 Å². The van der Waals surface area contributed by atoms with Crippen molar-refractivity contribution >= 4 is 15.7 Å². The summed E-state index contributed by atoms with van der Waals surface area (Å²) in [6.45, 7) is 4.61. The van der Waals surface area contributed by atoms with Crippen LogP contribution in [0, 0.1) is 13.8 Å². The molecule has 0 aliphatic carbocycles. The standard InChI is InChI=1S/C14H21NO3S/c1-11-7-12(2)9-13(8-11)15(3)19(16,17)10-14-5-4-6-18-14/h7-9,14H,4-6,10H2,1-3H3/t14-/m1/s1. The Morgan fingerprint density at radius 1 is 1.26 bits per heavy atom. The third-order valence-electron chi connectivity index (χ3n) is 3.41. The fourth-order valence-electron chi connectivity index (χ4n) is 2.42. The second-order valence-corrected chi connectivity index (χ2v) is 7.27. The van der Waals surface area contributed by atoms with E-state index in [1.807, 2.05) is 32.0 Å². The van der Waals surface area contributed by atoms with E-state index < -0.39 is 10.0 Å². The zero-order chi connectivity index (χ0) is 14.0. The molecular weight excluding hydrogens is 262 g/mol. The Balaban J connectivity index is 2.18. The third kappa shape index (κ3) is 3.48. The van der Waals surface area contributed by atoms with Crippen molar-refractivity contribution in [1.82, 2.24) is 0 Å². The van der Waals surface area contributed by atoms with Crippen LogP contribution in [0.25, 0.3) is 0 Å². The molecule has 1 heterocycles. The SMILES string of the molecule is Cc1cc(C)cc(N(C)S(=O)(=O)C[C@H]2CCCO2)c1. The maximum absolute atomic E-state index is 12.4. The summed E-state index contributed by atoms with van der Waals surface area (Å²) in [5.74, 6) is 0.0660. The highest BCUT2D eigenvalue weighted by Crippen LogP contribution is 2.22. The van der Waals surface area contributed by atoms with Gasteiger partial charge in [0.25, 0.3) is 0 Å². The summed E-state index contributed by atoms with van der Waals surface area (Å²) in [6.07, 6.45) is 1.63. The fourth-order valence-corrected chi connectivity index (χ4v) is 3.80. The number of aryl methyl sites for hydroxylation is 2. The maximum Gasteiger partial charge on any atom is 0.237 e. The smallest absolute Gasteiger partial charge is 0.237 e. The first kappa shape index (κ1) is 14.3. The molecule has 0 saturated carbocycles. The minimum atomic E-state index is -3.32. The van der Waals surface area contributed by atoms with Gasteiger partial charge >= 0.3 is 0 Å². The zero-order valence-corrected chi connectivity index (χ0v) is 12.5. The predicted molar refractivity (Wildman–Crippen MR) is 77.1 cm³/mol. The molecule has 106 valence electrons. The lowest BCUT2D eigenvalue weighted by molar-refractivity contribution is 0.127. The van der Waals surface area contributed by atoms with Gasteiger partial charge in [0, 0.05) is 13.7 Å². The molecule has 0 radical (unpaired) electrons. The van der Waals surface area contributed by atoms with Crippen LogP contribution in [0.15, 0.2) is 18.2 Å². The van der Waals surface area contributed by atoms with Crippen molar-refractivity contribution in [3.8, 4) is 0 Å². The van der Waals surface area contributed by atoms with Crippen LogP contribution in [-0.2, 0) is 14.8 Å². The molecular formula is C14H21NO3S. The highest BCUT2D eigenvalue weighted by molar-refractivity contribution is 7.92. The van der Waals surface area contributed by atoms with Crippen molar-refractivity contribution in [2.24, 2.45) is 0 Å². The first-order valence-corrected chi connectivity index (χ1v) is 8.16. The molecule has 19 heavy (non-hydrogen) atoms. The van der Waals surface area contributed by atoms with E-state index in [0.29, 0.717) is 6.61 Å². The number of anilines is 1. The maximum atomic E-state index is 12.4. The molecule has 0 N–H and O–H groups in total. The minimum absolute atomic E-state index is 0.0660. The van der Waals surface area contributed by atoms with Crippen LogP contribution in [0.1, 0.15) is 24.0 Å². The van der Waals surface area contributed by atoms with E-state index in [1.54, 1.807) is 7.05 Å². The minimum Gasteiger partial charge on any atom is -0.377 e. The van der Waals surface area contributed by atoms with Gasteiger partial charge in [-0.2, -0.15) is 0 Å². The Morgan fingerprint density at radius 3 is 2.42 bits per heavy atom. The Morgan fingerprint density at radius 2 is 1.89 bits per heavy atom. The highest BCUT2D eigenvalue weighted by atomic mass is 32.2. The van der Waals surface area contributed by atoms with Crippen molar-refractivity contribution in [3.63, 3.8) is 0 Å². The van der Waals surface area contributed by atoms with Crippen LogP contribution in [0.5, 0.6) is 0 Å². The van der Waals surface area contributed by atoms with Gasteiger partial charge in [0.1, 0.15) is 0 Å². The lowest BCUT2D eigenvalue weighted by Crippen LogP contribution is -2.33. The Labute approximate surface area is 115 Å². The summed E-state index contributed by atoms with van der Waals surface area (Å²) in [5.41, 5.74) is 2.85. The number of rotatable bonds is 4. The summed E-state index contributed by atoms with van der Waals surface area (Å²) in [6, 6.07) is 5.81. The van der Waals surface area contributed by atoms with Gasteiger partial charge in [-0.1, -0.05) is 6.07 Å². The van der Waals surface area contributed by atoms with E-state index in [4.69, 9.17) is 4.74 Å². The largest absolute Gasteiger partial charge is 0.377 e. The van der Waals surface area contributed by atoms with Gasteiger partial charge in [-0.15, -0.1) is 0 Å². The van der Waals surface area contributed by atoms with Gasteiger partial charge in [0.15, 0.2) is 0 Å². The Bertz CT molecular complexity index is 528. The molecule has 1 aliphatic heterocycles. The molecule has 0 amide bonds. The quantitative estimate of drug-likeness (QED) is 0.851. The number of ether oxygens (including phenoxy) is 1. The number of hydrogen-bond donors (Lipinski definition) is 0. The molecule has 1 aromatic rings. The van der Waals surface area contributed by atoms with Crippen LogP contribution >= 0.6 is 0 Å². The lowest BCUT2D eigenvalue weighted by atomic mass is 10.1. The van der Waals surface area contributed by atoms with Gasteiger partial charge in [-0.3, -0.25) is 4.31 Å². The number of nitrogens with zero attached hydrogens (tertiary/aromatic N) is 1. The molecule has 1 saturated heterocycles. The van der Waals surface area contributed by atoms with Crippen LogP contribution in [-0.4, -0.2) is 33.9 Å². The lowest BCUT2D eigenvalue weighted by Gasteiger charge is -2.22. The van der Waals surface area contributed by atoms with E-state index in [1.165, 1.54) is 4.31 Å². The second kappa shape index (κ2) is 5.51. The van der Waals surface area contributed by atoms with Crippen molar-refractivity contribution in [3.05, 3.63) is 29.3 Å². The average molecular weight is 283 g/mol. The molecule has 4 nitrogen and oxygen atoms in total. The second-order valence-electron chi connectivity index (χ2n) is 5.23. The van der Waals surface area contributed by atoms with Crippen molar-refractivity contribution in [2.45, 2.75) is 32.8 Å². The van der Waals surface area contributed by atoms with Gasteiger partial charge in [0.05, 0.1) is 17.5 Å². The summed E-state index contributed by atoms with van der Waals surface area (Å²) >= 11 is 0. The third-order valence-corrected chi connectivity index (χ3v) is 5.25. The normalized spacial score (nSPS) is 19.6. The van der Waals surface area contributed by atoms with Crippen molar-refractivity contribution in [2.75, 3.05) is 23.7 Å². The van der Waals surface area contributed by atoms with E-state index in [2.05, 4.69) is 0 Å². The highest BCUT2D eigenvalue weighted by Gasteiger charge is 2.26. The Kier molecular flexibility index (Phi) is 4.16. The molecule has 1 aliphatic rings. The van der Waals surface area contributed by atoms with Gasteiger partial charge in [-0.05, 0) is 49.9 Å². The van der Waals surface area contributed by atoms with Gasteiger partial charge in [0.2, 0.25) is 10.0 Å². The molecule has 0 aromatic heterocycles. The first-order valence-electron chi connectivity index (χ1n) is 6.55. The summed E-state index contributed by atoms with van der Waals surface area (Å²) < 4.78 is 31.5. The first-order chi connectivity index (χ1) is 8.88. The summed E-state index contributed by atoms with van der Waals surface area (Å²) in [7, 11) is -1.71. The summed E-state index contributed by atoms with van der Waals surface area (Å²) in [5, 5.41) is 0. The molecule has 0 unspecified atom stereocenters. The molecule has 1 atom stereocenters. The van der Waals surface area contributed by atoms with Crippen LogP contribution in [0.4, 0.5) is 5.69 Å². The number of sulfonamides is 1. The Hall–Kier alpha value is -1.07. The molecule has 2 rings (SSSR count). The fraction of sp³-hybridized carbons (Fsp3) is 0.571. The van der Waals surface area contributed by atoms with Crippen LogP contribution in [0.2, 0.25) is 0 Å². The van der Waals surface area contributed by atoms with E-state index >= 15 is 0 Å². The van der Waals surface area contributed by atoms with Crippen molar-refractivity contribution in [1.29, 1.82) is 0 Å². The van der Waals surface area contributed by atoms with Crippen LogP contribution < -0.4 is 4.31 Å². The van der Waals surface area contributed by atoms with E-state index in [9.17, 15) is 8.42 Å². The molecule has 1 aromatic carbocycles. The predicted octanol–water partition coefficient (Wildman–Crippen LogP) is 2.25. The van der Waals surface area contributed by atoms with Gasteiger partial charge in [-0.25, -0.2) is 8.42 Å². The zero-order valence-electron chi connectivity index (χ0n) is 11.7. The molecule has 0 bridgehead atoms. The molecule has 5 heteroatoms. The monoisotopic (exact) mass is 283 g/mol.